The fraction of sp³-hybridized carbons (Fsp3) is 0.684. The Bertz CT molecular complexity index is 563. The van der Waals surface area contributed by atoms with E-state index in [2.05, 4.69) is 69.6 Å². The van der Waals surface area contributed by atoms with Gasteiger partial charge in [-0.2, -0.15) is 0 Å². The molecule has 0 nitrogen and oxygen atoms in total. The summed E-state index contributed by atoms with van der Waals surface area (Å²) >= 11 is 3.91. The molecule has 20 heavy (non-hydrogen) atoms. The van der Waals surface area contributed by atoms with E-state index in [9.17, 15) is 0 Å². The average molecular weight is 335 g/mol. The maximum Gasteiger partial charge on any atom is 0.0406 e. The molecule has 1 atom stereocenters. The maximum atomic E-state index is 3.91. The van der Waals surface area contributed by atoms with Crippen LogP contribution in [0, 0.1) is 0 Å². The zero-order valence-electron chi connectivity index (χ0n) is 13.7. The van der Waals surface area contributed by atoms with Gasteiger partial charge in [0.25, 0.3) is 0 Å². The van der Waals surface area contributed by atoms with Gasteiger partial charge in [-0.25, -0.2) is 0 Å². The fourth-order valence-electron chi connectivity index (χ4n) is 4.14. The number of halogens is 1. The molecule has 0 aliphatic heterocycles. The second-order valence-electron chi connectivity index (χ2n) is 8.81. The Morgan fingerprint density at radius 1 is 0.800 bits per heavy atom. The van der Waals surface area contributed by atoms with Gasteiger partial charge in [0.1, 0.15) is 0 Å². The number of rotatable bonds is 0. The van der Waals surface area contributed by atoms with Gasteiger partial charge in [0, 0.05) is 4.83 Å². The van der Waals surface area contributed by atoms with Crippen LogP contribution in [0.3, 0.4) is 0 Å². The molecule has 0 saturated carbocycles. The Balaban J connectivity index is 2.28. The maximum absolute atomic E-state index is 3.91. The van der Waals surface area contributed by atoms with E-state index < -0.39 is 0 Å². The molecule has 0 spiro atoms. The van der Waals surface area contributed by atoms with Crippen molar-refractivity contribution < 1.29 is 0 Å². The van der Waals surface area contributed by atoms with Gasteiger partial charge in [-0.05, 0) is 57.8 Å². The van der Waals surface area contributed by atoms with Crippen LogP contribution in [0.15, 0.2) is 12.1 Å². The van der Waals surface area contributed by atoms with Gasteiger partial charge < -0.3 is 0 Å². The molecule has 0 heterocycles. The van der Waals surface area contributed by atoms with Gasteiger partial charge in [-0.15, -0.1) is 0 Å². The van der Waals surface area contributed by atoms with Crippen LogP contribution in [0.25, 0.3) is 0 Å². The predicted octanol–water partition coefficient (Wildman–Crippen LogP) is 6.15. The minimum absolute atomic E-state index is 0.302. The number of fused-ring (bicyclic) bond motifs is 2. The lowest BCUT2D eigenvalue weighted by molar-refractivity contribution is 0.331. The minimum Gasteiger partial charge on any atom is -0.0838 e. The summed E-state index contributed by atoms with van der Waals surface area (Å²) in [4.78, 5) is 0.527. The van der Waals surface area contributed by atoms with Gasteiger partial charge in [-0.3, -0.25) is 0 Å². The molecule has 0 N–H and O–H groups in total. The van der Waals surface area contributed by atoms with Crippen LogP contribution in [0.5, 0.6) is 0 Å². The molecule has 0 bridgehead atoms. The number of alkyl halides is 1. The predicted molar refractivity (Wildman–Crippen MR) is 91.0 cm³/mol. The molecule has 1 heteroatoms. The standard InChI is InChI=1S/C19H27Br/c1-17(2)7-8-18(3,4)15-10-13-12(9-14(15)17)16(20)11-19(13,5)6/h9-10,16H,7-8,11H2,1-6H3. The Morgan fingerprint density at radius 3 is 1.85 bits per heavy atom. The highest BCUT2D eigenvalue weighted by Crippen LogP contribution is 2.54. The summed E-state index contributed by atoms with van der Waals surface area (Å²) in [6, 6.07) is 5.08. The third-order valence-electron chi connectivity index (χ3n) is 5.78. The highest BCUT2D eigenvalue weighted by atomic mass is 79.9. The fourth-order valence-corrected chi connectivity index (χ4v) is 5.33. The van der Waals surface area contributed by atoms with E-state index in [1.165, 1.54) is 19.3 Å². The molecule has 2 aliphatic rings. The van der Waals surface area contributed by atoms with Crippen molar-refractivity contribution >= 4 is 15.9 Å². The van der Waals surface area contributed by atoms with E-state index in [1.54, 1.807) is 22.3 Å². The van der Waals surface area contributed by atoms with Crippen LogP contribution in [0.2, 0.25) is 0 Å². The van der Waals surface area contributed by atoms with E-state index in [0.29, 0.717) is 21.1 Å². The zero-order valence-corrected chi connectivity index (χ0v) is 15.3. The summed E-state index contributed by atoms with van der Waals surface area (Å²) in [7, 11) is 0. The van der Waals surface area contributed by atoms with Crippen LogP contribution in [-0.4, -0.2) is 0 Å². The van der Waals surface area contributed by atoms with Crippen molar-refractivity contribution in [3.05, 3.63) is 34.4 Å². The Labute approximate surface area is 132 Å². The number of hydrogen-bond donors (Lipinski definition) is 0. The SMILES string of the molecule is CC1(C)CC(Br)c2cc3c(cc21)C(C)(C)CCC3(C)C. The highest BCUT2D eigenvalue weighted by molar-refractivity contribution is 9.09. The van der Waals surface area contributed by atoms with Crippen molar-refractivity contribution in [2.24, 2.45) is 0 Å². The first-order chi connectivity index (χ1) is 9.05. The van der Waals surface area contributed by atoms with Crippen molar-refractivity contribution in [2.75, 3.05) is 0 Å². The molecule has 0 aromatic heterocycles. The van der Waals surface area contributed by atoms with Gasteiger partial charge in [-0.1, -0.05) is 69.6 Å². The lowest BCUT2D eigenvalue weighted by atomic mass is 9.62. The molecule has 1 unspecified atom stereocenters. The first kappa shape index (κ1) is 14.6. The van der Waals surface area contributed by atoms with Crippen LogP contribution in [0.1, 0.15) is 87.9 Å². The second kappa shape index (κ2) is 4.12. The van der Waals surface area contributed by atoms with Crippen LogP contribution >= 0.6 is 15.9 Å². The van der Waals surface area contributed by atoms with Crippen molar-refractivity contribution in [3.63, 3.8) is 0 Å². The molecule has 0 saturated heterocycles. The summed E-state index contributed by atoms with van der Waals surface area (Å²) in [5, 5.41) is 0. The zero-order chi connectivity index (χ0) is 14.9. The van der Waals surface area contributed by atoms with Crippen LogP contribution < -0.4 is 0 Å². The van der Waals surface area contributed by atoms with Gasteiger partial charge in [0.05, 0.1) is 0 Å². The summed E-state index contributed by atoms with van der Waals surface area (Å²) in [6.45, 7) is 14.4. The van der Waals surface area contributed by atoms with Crippen molar-refractivity contribution in [2.45, 2.75) is 81.9 Å². The lowest BCUT2D eigenvalue weighted by Gasteiger charge is -2.42. The largest absolute Gasteiger partial charge is 0.0838 e. The topological polar surface area (TPSA) is 0 Å². The summed E-state index contributed by atoms with van der Waals surface area (Å²) in [6.07, 6.45) is 3.80. The van der Waals surface area contributed by atoms with Gasteiger partial charge in [0.2, 0.25) is 0 Å². The molecular formula is C19H27Br. The number of hydrogen-bond acceptors (Lipinski definition) is 0. The van der Waals surface area contributed by atoms with Gasteiger partial charge >= 0.3 is 0 Å². The third-order valence-corrected chi connectivity index (χ3v) is 6.60. The van der Waals surface area contributed by atoms with E-state index in [1.807, 2.05) is 0 Å². The van der Waals surface area contributed by atoms with Crippen LogP contribution in [0.4, 0.5) is 0 Å². The molecular weight excluding hydrogens is 308 g/mol. The first-order valence-corrected chi connectivity index (χ1v) is 8.80. The van der Waals surface area contributed by atoms with E-state index in [0.717, 1.165) is 0 Å². The lowest BCUT2D eigenvalue weighted by Crippen LogP contribution is -2.34. The highest BCUT2D eigenvalue weighted by Gasteiger charge is 2.42. The van der Waals surface area contributed by atoms with E-state index >= 15 is 0 Å². The molecule has 2 aliphatic carbocycles. The molecule has 1 aromatic carbocycles. The van der Waals surface area contributed by atoms with Crippen LogP contribution in [-0.2, 0) is 16.2 Å². The quantitative estimate of drug-likeness (QED) is 0.499. The Hall–Kier alpha value is -0.300. The Morgan fingerprint density at radius 2 is 1.30 bits per heavy atom. The first-order valence-electron chi connectivity index (χ1n) is 7.88. The molecule has 1 aromatic rings. The normalized spacial score (nSPS) is 28.9. The van der Waals surface area contributed by atoms with Crippen molar-refractivity contribution in [1.82, 2.24) is 0 Å². The smallest absolute Gasteiger partial charge is 0.0406 e. The van der Waals surface area contributed by atoms with E-state index in [-0.39, 0.29) is 0 Å². The van der Waals surface area contributed by atoms with Crippen molar-refractivity contribution in [1.29, 1.82) is 0 Å². The summed E-state index contributed by atoms with van der Waals surface area (Å²) in [5.74, 6) is 0. The molecule has 110 valence electrons. The summed E-state index contributed by atoms with van der Waals surface area (Å²) in [5.41, 5.74) is 7.25. The average Bonchev–Trinajstić information content (AvgIpc) is 2.55. The Kier molecular flexibility index (Phi) is 3.02. The molecule has 0 amide bonds. The monoisotopic (exact) mass is 334 g/mol. The minimum atomic E-state index is 0.302. The second-order valence-corrected chi connectivity index (χ2v) is 9.91. The molecule has 3 rings (SSSR count). The summed E-state index contributed by atoms with van der Waals surface area (Å²) < 4.78 is 0. The third kappa shape index (κ3) is 2.00. The molecule has 0 radical (unpaired) electrons. The van der Waals surface area contributed by atoms with E-state index in [4.69, 9.17) is 0 Å². The van der Waals surface area contributed by atoms with Crippen molar-refractivity contribution in [3.8, 4) is 0 Å². The van der Waals surface area contributed by atoms with Gasteiger partial charge in [0.15, 0.2) is 0 Å². The number of benzene rings is 1. The molecule has 0 fully saturated rings.